The van der Waals surface area contributed by atoms with E-state index in [2.05, 4.69) is 20.5 Å². The normalized spacial score (nSPS) is 18.2. The van der Waals surface area contributed by atoms with Crippen LogP contribution >= 0.6 is 0 Å². The second-order valence-electron chi connectivity index (χ2n) is 11.7. The van der Waals surface area contributed by atoms with E-state index in [1.165, 1.54) is 19.3 Å². The summed E-state index contributed by atoms with van der Waals surface area (Å²) in [6.07, 6.45) is 12.4. The Morgan fingerprint density at radius 1 is 1.00 bits per heavy atom. The highest BCUT2D eigenvalue weighted by Crippen LogP contribution is 2.36. The minimum absolute atomic E-state index is 0.00412. The molecule has 9 nitrogen and oxygen atoms in total. The van der Waals surface area contributed by atoms with Crippen LogP contribution in [0.5, 0.6) is 0 Å². The van der Waals surface area contributed by atoms with Crippen LogP contribution < -0.4 is 5.32 Å². The van der Waals surface area contributed by atoms with Crippen molar-refractivity contribution in [1.82, 2.24) is 29.9 Å². The molecular weight excluding hydrogens is 516 g/mol. The van der Waals surface area contributed by atoms with Crippen molar-refractivity contribution < 1.29 is 15.0 Å². The third kappa shape index (κ3) is 6.63. The van der Waals surface area contributed by atoms with Gasteiger partial charge in [-0.1, -0.05) is 62.4 Å². The number of carbonyl (C=O) groups is 1. The zero-order valence-electron chi connectivity index (χ0n) is 23.3. The molecule has 0 radical (unpaired) electrons. The molecule has 0 unspecified atom stereocenters. The topological polar surface area (TPSA) is 126 Å². The molecule has 6 rings (SSSR count). The molecule has 0 saturated heterocycles. The van der Waals surface area contributed by atoms with Crippen molar-refractivity contribution in [3.8, 4) is 11.3 Å². The number of hydrogen-bond acceptors (Lipinski definition) is 7. The average Bonchev–Trinajstić information content (AvgIpc) is 3.78. The number of pyridine rings is 1. The van der Waals surface area contributed by atoms with Gasteiger partial charge in [0.25, 0.3) is 0 Å². The Morgan fingerprint density at radius 3 is 2.54 bits per heavy atom. The van der Waals surface area contributed by atoms with Crippen molar-refractivity contribution in [3.63, 3.8) is 0 Å². The van der Waals surface area contributed by atoms with Crippen LogP contribution in [0.1, 0.15) is 68.4 Å². The van der Waals surface area contributed by atoms with E-state index in [1.54, 1.807) is 12.4 Å². The van der Waals surface area contributed by atoms with Gasteiger partial charge >= 0.3 is 0 Å². The molecule has 9 heteroatoms. The summed E-state index contributed by atoms with van der Waals surface area (Å²) in [5, 5.41) is 33.7. The summed E-state index contributed by atoms with van der Waals surface area (Å²) in [5.74, 6) is 0.815. The second kappa shape index (κ2) is 12.4. The molecule has 0 aliphatic heterocycles. The Bertz CT molecular complexity index is 1450. The van der Waals surface area contributed by atoms with Gasteiger partial charge in [-0.3, -0.25) is 14.2 Å². The Hall–Kier alpha value is -3.69. The number of aliphatic hydroxyl groups excluding tert-OH is 2. The van der Waals surface area contributed by atoms with Crippen LogP contribution in [0.3, 0.4) is 0 Å². The van der Waals surface area contributed by atoms with Crippen LogP contribution in [0.25, 0.3) is 16.9 Å². The van der Waals surface area contributed by atoms with Crippen LogP contribution in [0.2, 0.25) is 0 Å². The van der Waals surface area contributed by atoms with Crippen LogP contribution in [0.4, 0.5) is 0 Å². The van der Waals surface area contributed by atoms with Crippen molar-refractivity contribution in [3.05, 3.63) is 78.1 Å². The van der Waals surface area contributed by atoms with E-state index >= 15 is 0 Å². The molecule has 2 saturated carbocycles. The van der Waals surface area contributed by atoms with Crippen molar-refractivity contribution in [2.24, 2.45) is 11.8 Å². The summed E-state index contributed by atoms with van der Waals surface area (Å²) in [6.45, 7) is 0. The maximum absolute atomic E-state index is 13.4. The molecule has 3 aromatic heterocycles. The predicted octanol–water partition coefficient (Wildman–Crippen LogP) is 3.91. The second-order valence-corrected chi connectivity index (χ2v) is 11.7. The third-order valence-corrected chi connectivity index (χ3v) is 8.55. The van der Waals surface area contributed by atoms with E-state index in [4.69, 9.17) is 4.98 Å². The lowest BCUT2D eigenvalue weighted by Crippen LogP contribution is -2.50. The lowest BCUT2D eigenvalue weighted by molar-refractivity contribution is -0.123. The number of aliphatic hydroxyl groups is 2. The first-order valence-electron chi connectivity index (χ1n) is 14.9. The molecule has 1 amide bonds. The maximum atomic E-state index is 13.4. The maximum Gasteiger partial charge on any atom is 0.227 e. The first kappa shape index (κ1) is 27.5. The fourth-order valence-corrected chi connectivity index (χ4v) is 6.11. The Balaban J connectivity index is 1.26. The van der Waals surface area contributed by atoms with Crippen LogP contribution in [-0.2, 0) is 17.6 Å². The number of nitrogens with zero attached hydrogens (tertiary/aromatic N) is 5. The zero-order chi connectivity index (χ0) is 28.2. The highest BCUT2D eigenvalue weighted by Gasteiger charge is 2.39. The summed E-state index contributed by atoms with van der Waals surface area (Å²) in [5.41, 5.74) is 4.04. The zero-order valence-corrected chi connectivity index (χ0v) is 23.3. The molecule has 2 aliphatic carbocycles. The smallest absolute Gasteiger partial charge is 0.227 e. The lowest BCUT2D eigenvalue weighted by Gasteiger charge is -2.32. The molecule has 41 heavy (non-hydrogen) atoms. The molecule has 1 aromatic carbocycles. The molecule has 214 valence electrons. The molecule has 0 spiro atoms. The number of nitrogens with one attached hydrogen (secondary N) is 1. The fourth-order valence-electron chi connectivity index (χ4n) is 6.11. The van der Waals surface area contributed by atoms with Crippen molar-refractivity contribution in [2.45, 2.75) is 82.5 Å². The van der Waals surface area contributed by atoms with Crippen LogP contribution in [0.15, 0.2) is 61.1 Å². The molecule has 3 heterocycles. The Labute approximate surface area is 240 Å². The van der Waals surface area contributed by atoms with Gasteiger partial charge in [0.15, 0.2) is 5.65 Å². The number of hydrogen-bond donors (Lipinski definition) is 3. The number of rotatable bonds is 11. The van der Waals surface area contributed by atoms with Gasteiger partial charge in [0.2, 0.25) is 5.91 Å². The van der Waals surface area contributed by atoms with E-state index in [1.807, 2.05) is 53.1 Å². The predicted molar refractivity (Wildman–Crippen MR) is 155 cm³/mol. The first-order valence-corrected chi connectivity index (χ1v) is 14.9. The lowest BCUT2D eigenvalue weighted by atomic mass is 9.82. The van der Waals surface area contributed by atoms with Gasteiger partial charge < -0.3 is 15.5 Å². The largest absolute Gasteiger partial charge is 0.390 e. The summed E-state index contributed by atoms with van der Waals surface area (Å²) in [7, 11) is 0. The minimum Gasteiger partial charge on any atom is -0.390 e. The van der Waals surface area contributed by atoms with E-state index in [0.29, 0.717) is 30.2 Å². The quantitative estimate of drug-likeness (QED) is 0.257. The number of benzene rings is 1. The first-order chi connectivity index (χ1) is 20.0. The number of fused-ring (bicyclic) bond motifs is 1. The highest BCUT2D eigenvalue weighted by atomic mass is 16.3. The molecule has 4 aromatic rings. The molecular formula is C32H38N6O3. The molecule has 2 aliphatic rings. The van der Waals surface area contributed by atoms with Gasteiger partial charge in [0, 0.05) is 30.6 Å². The average molecular weight is 555 g/mol. The Morgan fingerprint density at radius 2 is 1.80 bits per heavy atom. The monoisotopic (exact) mass is 554 g/mol. The van der Waals surface area contributed by atoms with Gasteiger partial charge in [-0.05, 0) is 48.8 Å². The van der Waals surface area contributed by atoms with Crippen molar-refractivity contribution in [2.75, 3.05) is 0 Å². The SMILES string of the molecule is O=C(Cc1nnc2c(Cc3ccccc3)nc(-c3cccnc3)cn12)N[C@@H](CC1CCCCC1)[C@@H](O)[C@@H](O)C1CC1. The molecule has 0 bridgehead atoms. The molecule has 3 N–H and O–H groups in total. The number of carbonyl (C=O) groups excluding carboxylic acids is 1. The Kier molecular flexibility index (Phi) is 8.34. The van der Waals surface area contributed by atoms with Gasteiger partial charge in [-0.25, -0.2) is 4.98 Å². The van der Waals surface area contributed by atoms with Crippen molar-refractivity contribution in [1.29, 1.82) is 0 Å². The van der Waals surface area contributed by atoms with Crippen LogP contribution in [-0.4, -0.2) is 58.9 Å². The van der Waals surface area contributed by atoms with Gasteiger partial charge in [0.05, 0.1) is 30.0 Å². The number of aromatic nitrogens is 5. The standard InChI is InChI=1S/C32H38N6O3/c39-29(35-25(16-21-8-3-1-4-9-21)31(41)30(40)23-13-14-23)18-28-36-37-32-26(17-22-10-5-2-6-11-22)34-27(20-38(28)32)24-12-7-15-33-19-24/h2,5-7,10-12,15,19-21,23,25,30-31,40-41H,1,3-4,8-9,13-14,16-18H2,(H,35,39)/t25-,30-,31+/m0/s1. The van der Waals surface area contributed by atoms with E-state index < -0.39 is 18.2 Å². The van der Waals surface area contributed by atoms with Crippen molar-refractivity contribution >= 4 is 11.6 Å². The van der Waals surface area contributed by atoms with Gasteiger partial charge in [0.1, 0.15) is 11.9 Å². The minimum atomic E-state index is -0.984. The van der Waals surface area contributed by atoms with Crippen LogP contribution in [0, 0.1) is 11.8 Å². The highest BCUT2D eigenvalue weighted by molar-refractivity contribution is 5.78. The fraction of sp³-hybridized carbons (Fsp3) is 0.469. The third-order valence-electron chi connectivity index (χ3n) is 8.55. The van der Waals surface area contributed by atoms with E-state index in [9.17, 15) is 15.0 Å². The molecule has 2 fully saturated rings. The summed E-state index contributed by atoms with van der Waals surface area (Å²) in [4.78, 5) is 22.6. The summed E-state index contributed by atoms with van der Waals surface area (Å²) < 4.78 is 1.85. The summed E-state index contributed by atoms with van der Waals surface area (Å²) in [6, 6.07) is 13.4. The van der Waals surface area contributed by atoms with Gasteiger partial charge in [-0.2, -0.15) is 0 Å². The number of amides is 1. The summed E-state index contributed by atoms with van der Waals surface area (Å²) >= 11 is 0. The van der Waals surface area contributed by atoms with E-state index in [-0.39, 0.29) is 18.2 Å². The molecule has 3 atom stereocenters. The van der Waals surface area contributed by atoms with E-state index in [0.717, 1.165) is 48.2 Å². The van der Waals surface area contributed by atoms with Gasteiger partial charge in [-0.15, -0.1) is 10.2 Å².